The van der Waals surface area contributed by atoms with E-state index in [0.717, 1.165) is 30.9 Å². The van der Waals surface area contributed by atoms with Crippen LogP contribution in [0, 0.1) is 0 Å². The summed E-state index contributed by atoms with van der Waals surface area (Å²) in [7, 11) is 3.41. The second-order valence-electron chi connectivity index (χ2n) is 4.85. The summed E-state index contributed by atoms with van der Waals surface area (Å²) < 4.78 is 16.1. The van der Waals surface area contributed by atoms with Gasteiger partial charge in [-0.1, -0.05) is 0 Å². The monoisotopic (exact) mass is 281 g/mol. The molecule has 112 valence electrons. The van der Waals surface area contributed by atoms with E-state index in [1.807, 2.05) is 6.07 Å². The molecule has 0 bridgehead atoms. The minimum atomic E-state index is -0.402. The SMILES string of the molecule is COCCNCc1ccnc(C2(OC)CCOCC2)n1. The summed E-state index contributed by atoms with van der Waals surface area (Å²) in [5.41, 5.74) is 0.565. The molecule has 1 aliphatic heterocycles. The van der Waals surface area contributed by atoms with Crippen LogP contribution in [0.3, 0.4) is 0 Å². The van der Waals surface area contributed by atoms with E-state index in [2.05, 4.69) is 15.3 Å². The maximum atomic E-state index is 5.72. The zero-order valence-electron chi connectivity index (χ0n) is 12.2. The molecule has 1 aromatic heterocycles. The minimum absolute atomic E-state index is 0.402. The summed E-state index contributed by atoms with van der Waals surface area (Å²) in [6, 6.07) is 1.92. The minimum Gasteiger partial charge on any atom is -0.383 e. The second kappa shape index (κ2) is 7.64. The van der Waals surface area contributed by atoms with Crippen LogP contribution in [0.2, 0.25) is 0 Å². The fourth-order valence-electron chi connectivity index (χ4n) is 2.32. The average Bonchev–Trinajstić information content (AvgIpc) is 2.52. The van der Waals surface area contributed by atoms with Gasteiger partial charge < -0.3 is 19.5 Å². The first-order chi connectivity index (χ1) is 9.80. The number of nitrogens with one attached hydrogen (secondary N) is 1. The van der Waals surface area contributed by atoms with Crippen molar-refractivity contribution < 1.29 is 14.2 Å². The van der Waals surface area contributed by atoms with Gasteiger partial charge in [-0.2, -0.15) is 0 Å². The molecule has 0 aromatic carbocycles. The Morgan fingerprint density at radius 2 is 2.15 bits per heavy atom. The van der Waals surface area contributed by atoms with Crippen LogP contribution in [0.5, 0.6) is 0 Å². The summed E-state index contributed by atoms with van der Waals surface area (Å²) in [5.74, 6) is 0.759. The number of ether oxygens (including phenoxy) is 3. The van der Waals surface area contributed by atoms with Crippen LogP contribution in [0.15, 0.2) is 12.3 Å². The van der Waals surface area contributed by atoms with Gasteiger partial charge >= 0.3 is 0 Å². The molecular formula is C14H23N3O3. The van der Waals surface area contributed by atoms with Gasteiger partial charge in [0.1, 0.15) is 5.60 Å². The van der Waals surface area contributed by atoms with E-state index in [4.69, 9.17) is 14.2 Å². The lowest BCUT2D eigenvalue weighted by Crippen LogP contribution is -2.37. The first-order valence-corrected chi connectivity index (χ1v) is 6.96. The van der Waals surface area contributed by atoms with Crippen molar-refractivity contribution in [2.75, 3.05) is 40.6 Å². The van der Waals surface area contributed by atoms with E-state index < -0.39 is 5.60 Å². The van der Waals surface area contributed by atoms with Crippen molar-refractivity contribution in [3.8, 4) is 0 Å². The number of methoxy groups -OCH3 is 2. The molecule has 2 heterocycles. The maximum Gasteiger partial charge on any atom is 0.160 e. The lowest BCUT2D eigenvalue weighted by Gasteiger charge is -2.34. The van der Waals surface area contributed by atoms with Gasteiger partial charge in [0.2, 0.25) is 0 Å². The highest BCUT2D eigenvalue weighted by molar-refractivity contribution is 5.09. The first kappa shape index (κ1) is 15.3. The van der Waals surface area contributed by atoms with Crippen molar-refractivity contribution >= 4 is 0 Å². The van der Waals surface area contributed by atoms with Crippen molar-refractivity contribution in [1.29, 1.82) is 0 Å². The van der Waals surface area contributed by atoms with Crippen molar-refractivity contribution in [3.05, 3.63) is 23.8 Å². The molecule has 1 aliphatic rings. The lowest BCUT2D eigenvalue weighted by molar-refractivity contribution is -0.100. The van der Waals surface area contributed by atoms with Crippen LogP contribution in [0.4, 0.5) is 0 Å². The topological polar surface area (TPSA) is 65.5 Å². The second-order valence-corrected chi connectivity index (χ2v) is 4.85. The van der Waals surface area contributed by atoms with Crippen LogP contribution < -0.4 is 5.32 Å². The Kier molecular flexibility index (Phi) is 5.85. The van der Waals surface area contributed by atoms with E-state index in [0.29, 0.717) is 26.4 Å². The van der Waals surface area contributed by atoms with Gasteiger partial charge in [-0.05, 0) is 6.07 Å². The first-order valence-electron chi connectivity index (χ1n) is 6.96. The van der Waals surface area contributed by atoms with Crippen LogP contribution >= 0.6 is 0 Å². The summed E-state index contributed by atoms with van der Waals surface area (Å²) in [4.78, 5) is 9.05. The lowest BCUT2D eigenvalue weighted by atomic mass is 9.93. The van der Waals surface area contributed by atoms with Crippen LogP contribution in [-0.2, 0) is 26.4 Å². The van der Waals surface area contributed by atoms with E-state index in [-0.39, 0.29) is 0 Å². The van der Waals surface area contributed by atoms with Crippen LogP contribution in [0.1, 0.15) is 24.4 Å². The largest absolute Gasteiger partial charge is 0.383 e. The summed E-state index contributed by atoms with van der Waals surface area (Å²) >= 11 is 0. The molecule has 0 atom stereocenters. The third-order valence-electron chi connectivity index (χ3n) is 3.60. The van der Waals surface area contributed by atoms with Crippen LogP contribution in [0.25, 0.3) is 0 Å². The van der Waals surface area contributed by atoms with E-state index >= 15 is 0 Å². The van der Waals surface area contributed by atoms with E-state index in [9.17, 15) is 0 Å². The van der Waals surface area contributed by atoms with Crippen LogP contribution in [-0.4, -0.2) is 50.6 Å². The molecule has 0 spiro atoms. The predicted molar refractivity (Wildman–Crippen MR) is 74.4 cm³/mol. The summed E-state index contributed by atoms with van der Waals surface area (Å²) in [5, 5.41) is 3.28. The number of hydrogen-bond acceptors (Lipinski definition) is 6. The fraction of sp³-hybridized carbons (Fsp3) is 0.714. The molecule has 0 unspecified atom stereocenters. The van der Waals surface area contributed by atoms with Gasteiger partial charge in [0, 0.05) is 59.6 Å². The molecule has 0 saturated carbocycles. The molecule has 0 aliphatic carbocycles. The van der Waals surface area contributed by atoms with E-state index in [1.165, 1.54) is 0 Å². The molecule has 20 heavy (non-hydrogen) atoms. The third-order valence-corrected chi connectivity index (χ3v) is 3.60. The molecule has 2 rings (SSSR count). The predicted octanol–water partition coefficient (Wildman–Crippen LogP) is 0.865. The Balaban J connectivity index is 2.03. The normalized spacial score (nSPS) is 18.1. The average molecular weight is 281 g/mol. The van der Waals surface area contributed by atoms with Crippen molar-refractivity contribution in [2.45, 2.75) is 25.0 Å². The highest BCUT2D eigenvalue weighted by Crippen LogP contribution is 2.33. The smallest absolute Gasteiger partial charge is 0.160 e. The Morgan fingerprint density at radius 3 is 2.85 bits per heavy atom. The van der Waals surface area contributed by atoms with Gasteiger partial charge in [0.25, 0.3) is 0 Å². The van der Waals surface area contributed by atoms with Gasteiger partial charge in [0.15, 0.2) is 5.82 Å². The maximum absolute atomic E-state index is 5.72. The Labute approximate surface area is 119 Å². The molecule has 1 saturated heterocycles. The number of aromatic nitrogens is 2. The highest BCUT2D eigenvalue weighted by Gasteiger charge is 2.37. The quantitative estimate of drug-likeness (QED) is 0.748. The Hall–Kier alpha value is -1.08. The summed E-state index contributed by atoms with van der Waals surface area (Å²) in [6.45, 7) is 3.58. The number of nitrogens with zero attached hydrogens (tertiary/aromatic N) is 2. The molecule has 6 heteroatoms. The molecule has 0 radical (unpaired) electrons. The van der Waals surface area contributed by atoms with Gasteiger partial charge in [-0.25, -0.2) is 9.97 Å². The molecule has 0 amide bonds. The van der Waals surface area contributed by atoms with E-state index in [1.54, 1.807) is 20.4 Å². The zero-order chi connectivity index (χ0) is 14.3. The molecular weight excluding hydrogens is 258 g/mol. The standard InChI is InChI=1S/C14H23N3O3/c1-18-10-7-15-11-12-3-6-16-13(17-12)14(19-2)4-8-20-9-5-14/h3,6,15H,4-5,7-11H2,1-2H3. The Bertz CT molecular complexity index is 408. The molecule has 6 nitrogen and oxygen atoms in total. The summed E-state index contributed by atoms with van der Waals surface area (Å²) in [6.07, 6.45) is 3.39. The molecule has 1 N–H and O–H groups in total. The van der Waals surface area contributed by atoms with Gasteiger partial charge in [-0.15, -0.1) is 0 Å². The molecule has 1 aromatic rings. The van der Waals surface area contributed by atoms with Gasteiger partial charge in [0.05, 0.1) is 12.3 Å². The van der Waals surface area contributed by atoms with Crippen molar-refractivity contribution in [3.63, 3.8) is 0 Å². The third kappa shape index (κ3) is 3.73. The van der Waals surface area contributed by atoms with Crippen molar-refractivity contribution in [1.82, 2.24) is 15.3 Å². The number of hydrogen-bond donors (Lipinski definition) is 1. The highest BCUT2D eigenvalue weighted by atomic mass is 16.5. The van der Waals surface area contributed by atoms with Crippen molar-refractivity contribution in [2.24, 2.45) is 0 Å². The molecule has 1 fully saturated rings. The van der Waals surface area contributed by atoms with Gasteiger partial charge in [-0.3, -0.25) is 0 Å². The Morgan fingerprint density at radius 1 is 1.35 bits per heavy atom. The zero-order valence-corrected chi connectivity index (χ0v) is 12.2. The fourth-order valence-corrected chi connectivity index (χ4v) is 2.32. The number of rotatable bonds is 7.